The first-order valence-electron chi connectivity index (χ1n) is 6.12. The first-order chi connectivity index (χ1) is 9.72. The van der Waals surface area contributed by atoms with Gasteiger partial charge in [-0.2, -0.15) is 9.97 Å². The lowest BCUT2D eigenvalue weighted by atomic mass is 10.1. The topological polar surface area (TPSA) is 61.0 Å². The summed E-state index contributed by atoms with van der Waals surface area (Å²) in [6.45, 7) is 0.362. The molecule has 3 rings (SSSR count). The highest BCUT2D eigenvalue weighted by Crippen LogP contribution is 2.20. The second-order valence-corrected chi connectivity index (χ2v) is 4.71. The molecule has 4 nitrogen and oxygen atoms in total. The van der Waals surface area contributed by atoms with Gasteiger partial charge in [-0.1, -0.05) is 54.1 Å². The zero-order chi connectivity index (χ0) is 13.9. The number of benzene rings is 2. The third kappa shape index (κ3) is 2.65. The lowest BCUT2D eigenvalue weighted by Gasteiger charge is -2.08. The van der Waals surface area contributed by atoms with Crippen LogP contribution in [0.25, 0.3) is 10.8 Å². The van der Waals surface area contributed by atoms with Crippen molar-refractivity contribution in [2.24, 2.45) is 0 Å². The van der Waals surface area contributed by atoms with Crippen molar-refractivity contribution < 1.29 is 4.74 Å². The summed E-state index contributed by atoms with van der Waals surface area (Å²) in [5, 5.41) is 2.58. The van der Waals surface area contributed by atoms with E-state index in [-0.39, 0.29) is 17.0 Å². The minimum atomic E-state index is 0.183. The molecule has 0 saturated heterocycles. The lowest BCUT2D eigenvalue weighted by Crippen LogP contribution is -2.02. The fourth-order valence-corrected chi connectivity index (χ4v) is 2.22. The molecular formula is C15H12ClN3O. The van der Waals surface area contributed by atoms with E-state index >= 15 is 0 Å². The van der Waals surface area contributed by atoms with Crippen molar-refractivity contribution in [1.29, 1.82) is 0 Å². The molecule has 0 aliphatic carbocycles. The summed E-state index contributed by atoms with van der Waals surface area (Å²) < 4.78 is 5.58. The van der Waals surface area contributed by atoms with Crippen molar-refractivity contribution in [3.63, 3.8) is 0 Å². The summed E-state index contributed by atoms with van der Waals surface area (Å²) in [6, 6.07) is 15.9. The molecule has 1 aromatic heterocycles. The molecule has 0 radical (unpaired) electrons. The third-order valence-electron chi connectivity index (χ3n) is 2.93. The summed E-state index contributed by atoms with van der Waals surface area (Å²) >= 11 is 5.82. The molecule has 0 atom stereocenters. The van der Waals surface area contributed by atoms with Crippen LogP contribution in [0.2, 0.25) is 5.15 Å². The molecule has 0 amide bonds. The van der Waals surface area contributed by atoms with Gasteiger partial charge in [-0.15, -0.1) is 0 Å². The molecule has 2 N–H and O–H groups in total. The highest BCUT2D eigenvalue weighted by Gasteiger charge is 2.05. The summed E-state index contributed by atoms with van der Waals surface area (Å²) in [5.74, 6) is 0.290. The number of fused-ring (bicyclic) bond motifs is 1. The molecule has 100 valence electrons. The van der Waals surface area contributed by atoms with E-state index in [9.17, 15) is 0 Å². The normalized spacial score (nSPS) is 10.7. The van der Waals surface area contributed by atoms with Crippen LogP contribution in [0.4, 0.5) is 5.82 Å². The molecule has 0 aliphatic heterocycles. The second-order valence-electron chi connectivity index (χ2n) is 4.33. The Bertz CT molecular complexity index is 735. The first kappa shape index (κ1) is 12.7. The monoisotopic (exact) mass is 285 g/mol. The first-order valence-corrected chi connectivity index (χ1v) is 6.50. The maximum Gasteiger partial charge on any atom is 0.320 e. The van der Waals surface area contributed by atoms with Crippen LogP contribution < -0.4 is 10.5 Å². The van der Waals surface area contributed by atoms with Gasteiger partial charge in [0.25, 0.3) is 0 Å². The van der Waals surface area contributed by atoms with Crippen molar-refractivity contribution >= 4 is 28.2 Å². The number of anilines is 1. The van der Waals surface area contributed by atoms with Gasteiger partial charge in [-0.25, -0.2) is 0 Å². The molecule has 3 aromatic rings. The van der Waals surface area contributed by atoms with Crippen LogP contribution in [-0.4, -0.2) is 9.97 Å². The van der Waals surface area contributed by atoms with Crippen LogP contribution in [0.1, 0.15) is 5.56 Å². The van der Waals surface area contributed by atoms with Crippen molar-refractivity contribution in [2.45, 2.75) is 6.61 Å². The smallest absolute Gasteiger partial charge is 0.320 e. The molecule has 5 heteroatoms. The lowest BCUT2D eigenvalue weighted by molar-refractivity contribution is 0.282. The molecule has 1 heterocycles. The van der Waals surface area contributed by atoms with Crippen LogP contribution in [0.3, 0.4) is 0 Å². The van der Waals surface area contributed by atoms with Gasteiger partial charge in [0.2, 0.25) is 0 Å². The number of rotatable bonds is 3. The molecule has 20 heavy (non-hydrogen) atoms. The van der Waals surface area contributed by atoms with Crippen molar-refractivity contribution in [2.75, 3.05) is 5.73 Å². The molecule has 0 aliphatic rings. The summed E-state index contributed by atoms with van der Waals surface area (Å²) in [5.41, 5.74) is 6.66. The van der Waals surface area contributed by atoms with Crippen LogP contribution in [0.5, 0.6) is 6.01 Å². The van der Waals surface area contributed by atoms with Crippen LogP contribution in [0, 0.1) is 0 Å². The third-order valence-corrected chi connectivity index (χ3v) is 3.12. The zero-order valence-electron chi connectivity index (χ0n) is 10.6. The Labute approximate surface area is 121 Å². The minimum absolute atomic E-state index is 0.183. The predicted molar refractivity (Wildman–Crippen MR) is 79.7 cm³/mol. The molecular weight excluding hydrogens is 274 g/mol. The Balaban J connectivity index is 1.87. The van der Waals surface area contributed by atoms with Crippen molar-refractivity contribution in [3.05, 3.63) is 59.2 Å². The largest absolute Gasteiger partial charge is 0.458 e. The number of hydrogen-bond acceptors (Lipinski definition) is 4. The average molecular weight is 286 g/mol. The van der Waals surface area contributed by atoms with E-state index in [4.69, 9.17) is 22.1 Å². The number of nitrogen functional groups attached to an aromatic ring is 1. The molecule has 0 fully saturated rings. The van der Waals surface area contributed by atoms with Crippen LogP contribution in [0.15, 0.2) is 48.5 Å². The molecule has 0 saturated carbocycles. The maximum absolute atomic E-state index is 5.82. The Morgan fingerprint density at radius 2 is 1.85 bits per heavy atom. The standard InChI is InChI=1S/C15H12ClN3O/c16-13-8-14(17)19-15(18-13)20-9-11-6-3-5-10-4-1-2-7-12(10)11/h1-8H,9H2,(H2,17,18,19). The van der Waals surface area contributed by atoms with Crippen LogP contribution in [-0.2, 0) is 6.61 Å². The predicted octanol–water partition coefficient (Wildman–Crippen LogP) is 3.44. The fourth-order valence-electron chi connectivity index (χ4n) is 2.04. The van der Waals surface area contributed by atoms with Crippen molar-refractivity contribution in [1.82, 2.24) is 9.97 Å². The summed E-state index contributed by atoms with van der Waals surface area (Å²) in [4.78, 5) is 7.97. The highest BCUT2D eigenvalue weighted by atomic mass is 35.5. The van der Waals surface area contributed by atoms with Gasteiger partial charge in [-0.05, 0) is 16.3 Å². The molecule has 0 spiro atoms. The number of ether oxygens (including phenoxy) is 1. The highest BCUT2D eigenvalue weighted by molar-refractivity contribution is 6.29. The van der Waals surface area contributed by atoms with E-state index in [2.05, 4.69) is 28.2 Å². The van der Waals surface area contributed by atoms with Gasteiger partial charge < -0.3 is 10.5 Å². The van der Waals surface area contributed by atoms with Gasteiger partial charge in [0, 0.05) is 6.07 Å². The Morgan fingerprint density at radius 1 is 1.05 bits per heavy atom. The average Bonchev–Trinajstić information content (AvgIpc) is 2.44. The fraction of sp³-hybridized carbons (Fsp3) is 0.0667. The number of hydrogen-bond donors (Lipinski definition) is 1. The number of halogens is 1. The van der Waals surface area contributed by atoms with E-state index in [1.165, 1.54) is 11.5 Å². The van der Waals surface area contributed by atoms with Gasteiger partial charge in [0.05, 0.1) is 0 Å². The Morgan fingerprint density at radius 3 is 2.70 bits per heavy atom. The molecule has 0 bridgehead atoms. The Kier molecular flexibility index (Phi) is 3.39. The second kappa shape index (κ2) is 5.35. The van der Waals surface area contributed by atoms with E-state index in [0.717, 1.165) is 10.9 Å². The minimum Gasteiger partial charge on any atom is -0.458 e. The van der Waals surface area contributed by atoms with Crippen LogP contribution >= 0.6 is 11.6 Å². The van der Waals surface area contributed by atoms with E-state index in [1.807, 2.05) is 24.3 Å². The number of nitrogens with zero attached hydrogens (tertiary/aromatic N) is 2. The van der Waals surface area contributed by atoms with Gasteiger partial charge in [0.15, 0.2) is 0 Å². The Hall–Kier alpha value is -2.33. The van der Waals surface area contributed by atoms with E-state index in [1.54, 1.807) is 0 Å². The van der Waals surface area contributed by atoms with Gasteiger partial charge >= 0.3 is 6.01 Å². The van der Waals surface area contributed by atoms with E-state index < -0.39 is 0 Å². The van der Waals surface area contributed by atoms with E-state index in [0.29, 0.717) is 6.61 Å². The molecule has 0 unspecified atom stereocenters. The summed E-state index contributed by atoms with van der Waals surface area (Å²) in [7, 11) is 0. The zero-order valence-corrected chi connectivity index (χ0v) is 11.3. The molecule has 2 aromatic carbocycles. The number of nitrogens with two attached hydrogens (primary N) is 1. The van der Waals surface area contributed by atoms with Gasteiger partial charge in [-0.3, -0.25) is 0 Å². The summed E-state index contributed by atoms with van der Waals surface area (Å²) in [6.07, 6.45) is 0. The SMILES string of the molecule is Nc1cc(Cl)nc(OCc2cccc3ccccc23)n1. The maximum atomic E-state index is 5.82. The quantitative estimate of drug-likeness (QED) is 0.749. The van der Waals surface area contributed by atoms with Crippen molar-refractivity contribution in [3.8, 4) is 6.01 Å². The number of aromatic nitrogens is 2. The van der Waals surface area contributed by atoms with Gasteiger partial charge in [0.1, 0.15) is 17.6 Å².